The van der Waals surface area contributed by atoms with Crippen molar-refractivity contribution in [2.24, 2.45) is 0 Å². The summed E-state index contributed by atoms with van der Waals surface area (Å²) in [6.07, 6.45) is 1.77. The molecule has 0 aliphatic rings. The van der Waals surface area contributed by atoms with Gasteiger partial charge in [-0.1, -0.05) is 46.9 Å². The van der Waals surface area contributed by atoms with E-state index in [1.165, 1.54) is 5.56 Å². The van der Waals surface area contributed by atoms with Crippen molar-refractivity contribution in [3.63, 3.8) is 0 Å². The number of imidazole rings is 1. The Hall–Kier alpha value is -0.740. The van der Waals surface area contributed by atoms with Gasteiger partial charge in [0.25, 0.3) is 0 Å². The second-order valence-corrected chi connectivity index (χ2v) is 5.79. The molecule has 0 spiro atoms. The molecule has 1 unspecified atom stereocenters. The van der Waals surface area contributed by atoms with Crippen molar-refractivity contribution in [3.05, 3.63) is 51.0 Å². The van der Waals surface area contributed by atoms with E-state index in [9.17, 15) is 0 Å². The molecule has 6 heteroatoms. The maximum Gasteiger partial charge on any atom is 0.166 e. The van der Waals surface area contributed by atoms with Gasteiger partial charge in [-0.05, 0) is 37.6 Å². The van der Waals surface area contributed by atoms with Crippen molar-refractivity contribution < 1.29 is 0 Å². The maximum absolute atomic E-state index is 5.87. The molecule has 0 saturated heterocycles. The molecule has 1 heterocycles. The molecule has 0 aliphatic carbocycles. The lowest BCUT2D eigenvalue weighted by Crippen LogP contribution is -2.20. The highest BCUT2D eigenvalue weighted by atomic mass is 35.5. The standard InChI is InChI=1S/C14H16Cl3N3/c1-9(10-4-6-11(15)7-5-10)18-8-2-3-12-19-13(16)14(17)20-12/h4-7,9,18H,2-3,8H2,1H3,(H,19,20). The third-order valence-corrected chi connectivity index (χ3v) is 3.97. The molecule has 1 aromatic carbocycles. The van der Waals surface area contributed by atoms with Crippen LogP contribution in [0.2, 0.25) is 15.3 Å². The van der Waals surface area contributed by atoms with Gasteiger partial charge in [0.05, 0.1) is 0 Å². The van der Waals surface area contributed by atoms with E-state index in [0.717, 1.165) is 30.2 Å². The Kier molecular flexibility index (Phi) is 5.73. The molecule has 2 aromatic rings. The van der Waals surface area contributed by atoms with Crippen molar-refractivity contribution in [2.75, 3.05) is 6.54 Å². The summed E-state index contributed by atoms with van der Waals surface area (Å²) >= 11 is 17.5. The van der Waals surface area contributed by atoms with Gasteiger partial charge < -0.3 is 10.3 Å². The van der Waals surface area contributed by atoms with Crippen molar-refractivity contribution in [3.8, 4) is 0 Å². The van der Waals surface area contributed by atoms with Gasteiger partial charge in [-0.25, -0.2) is 4.98 Å². The van der Waals surface area contributed by atoms with Gasteiger partial charge in [0.15, 0.2) is 5.15 Å². The van der Waals surface area contributed by atoms with Crippen LogP contribution in [0, 0.1) is 0 Å². The number of hydrogen-bond donors (Lipinski definition) is 2. The second-order valence-electron chi connectivity index (χ2n) is 4.62. The Morgan fingerprint density at radius 3 is 2.50 bits per heavy atom. The summed E-state index contributed by atoms with van der Waals surface area (Å²) in [6, 6.07) is 8.16. The zero-order valence-electron chi connectivity index (χ0n) is 11.1. The van der Waals surface area contributed by atoms with Crippen LogP contribution >= 0.6 is 34.8 Å². The number of hydrogen-bond acceptors (Lipinski definition) is 2. The van der Waals surface area contributed by atoms with Gasteiger partial charge in [-0.2, -0.15) is 0 Å². The average Bonchev–Trinajstić information content (AvgIpc) is 2.74. The lowest BCUT2D eigenvalue weighted by atomic mass is 10.1. The third-order valence-electron chi connectivity index (χ3n) is 3.08. The van der Waals surface area contributed by atoms with E-state index in [4.69, 9.17) is 34.8 Å². The Morgan fingerprint density at radius 2 is 1.90 bits per heavy atom. The first-order valence-corrected chi connectivity index (χ1v) is 7.58. The topological polar surface area (TPSA) is 40.7 Å². The van der Waals surface area contributed by atoms with Crippen LogP contribution in [0.4, 0.5) is 0 Å². The lowest BCUT2D eigenvalue weighted by Gasteiger charge is -2.14. The summed E-state index contributed by atoms with van der Waals surface area (Å²) in [5.41, 5.74) is 1.22. The Morgan fingerprint density at radius 1 is 1.20 bits per heavy atom. The zero-order valence-corrected chi connectivity index (χ0v) is 13.4. The fraction of sp³-hybridized carbons (Fsp3) is 0.357. The molecule has 2 N–H and O–H groups in total. The number of rotatable bonds is 6. The number of H-pyrrole nitrogens is 1. The van der Waals surface area contributed by atoms with Crippen molar-refractivity contribution in [1.82, 2.24) is 15.3 Å². The van der Waals surface area contributed by atoms with Gasteiger partial charge in [0.1, 0.15) is 11.0 Å². The SMILES string of the molecule is CC(NCCCc1nc(Cl)c(Cl)[nH]1)c1ccc(Cl)cc1. The first kappa shape index (κ1) is 15.6. The number of nitrogens with one attached hydrogen (secondary N) is 2. The molecule has 0 aliphatic heterocycles. The van der Waals surface area contributed by atoms with Crippen LogP contribution in [0.3, 0.4) is 0 Å². The predicted molar refractivity (Wildman–Crippen MR) is 84.8 cm³/mol. The maximum atomic E-state index is 5.87. The minimum absolute atomic E-state index is 0.288. The summed E-state index contributed by atoms with van der Waals surface area (Å²) in [4.78, 5) is 7.08. The predicted octanol–water partition coefficient (Wildman–Crippen LogP) is 4.65. The molecular weight excluding hydrogens is 317 g/mol. The van der Waals surface area contributed by atoms with Crippen LogP contribution in [-0.4, -0.2) is 16.5 Å². The van der Waals surface area contributed by atoms with E-state index in [1.54, 1.807) is 0 Å². The first-order chi connectivity index (χ1) is 9.56. The molecule has 2 rings (SSSR count). The number of benzene rings is 1. The summed E-state index contributed by atoms with van der Waals surface area (Å²) in [6.45, 7) is 3.02. The van der Waals surface area contributed by atoms with Crippen LogP contribution in [0.1, 0.15) is 30.8 Å². The van der Waals surface area contributed by atoms with Gasteiger partial charge >= 0.3 is 0 Å². The van der Waals surface area contributed by atoms with Crippen LogP contribution in [0.5, 0.6) is 0 Å². The highest BCUT2D eigenvalue weighted by molar-refractivity contribution is 6.40. The van der Waals surface area contributed by atoms with Gasteiger partial charge in [-0.15, -0.1) is 0 Å². The lowest BCUT2D eigenvalue weighted by molar-refractivity contribution is 0.555. The molecule has 0 amide bonds. The molecule has 0 radical (unpaired) electrons. The summed E-state index contributed by atoms with van der Waals surface area (Å²) in [5.74, 6) is 0.820. The van der Waals surface area contributed by atoms with Crippen LogP contribution < -0.4 is 5.32 Å². The Bertz CT molecular complexity index is 532. The van der Waals surface area contributed by atoms with Crippen LogP contribution in [0.25, 0.3) is 0 Å². The molecule has 0 fully saturated rings. The van der Waals surface area contributed by atoms with E-state index in [-0.39, 0.29) is 6.04 Å². The molecule has 1 aromatic heterocycles. The van der Waals surface area contributed by atoms with E-state index in [0.29, 0.717) is 10.3 Å². The number of aromatic nitrogens is 2. The second kappa shape index (κ2) is 7.32. The fourth-order valence-electron chi connectivity index (χ4n) is 1.94. The monoisotopic (exact) mass is 331 g/mol. The number of aromatic amines is 1. The largest absolute Gasteiger partial charge is 0.332 e. The van der Waals surface area contributed by atoms with E-state index < -0.39 is 0 Å². The summed E-state index contributed by atoms with van der Waals surface area (Å²) < 4.78 is 0. The van der Waals surface area contributed by atoms with Gasteiger partial charge in [0.2, 0.25) is 0 Å². The molecular formula is C14H16Cl3N3. The minimum Gasteiger partial charge on any atom is -0.332 e. The number of nitrogens with zero attached hydrogens (tertiary/aromatic N) is 1. The highest BCUT2D eigenvalue weighted by Gasteiger charge is 2.07. The molecule has 0 saturated carbocycles. The smallest absolute Gasteiger partial charge is 0.166 e. The van der Waals surface area contributed by atoms with Gasteiger partial charge in [-0.3, -0.25) is 0 Å². The Balaban J connectivity index is 1.74. The number of halogens is 3. The van der Waals surface area contributed by atoms with Crippen LogP contribution in [0.15, 0.2) is 24.3 Å². The third kappa shape index (κ3) is 4.38. The number of aryl methyl sites for hydroxylation is 1. The quantitative estimate of drug-likeness (QED) is 0.756. The van der Waals surface area contributed by atoms with Gasteiger partial charge in [0, 0.05) is 17.5 Å². The van der Waals surface area contributed by atoms with Crippen molar-refractivity contribution in [2.45, 2.75) is 25.8 Å². The molecule has 3 nitrogen and oxygen atoms in total. The average molecular weight is 333 g/mol. The fourth-order valence-corrected chi connectivity index (χ4v) is 2.36. The molecule has 1 atom stereocenters. The highest BCUT2D eigenvalue weighted by Crippen LogP contribution is 2.19. The summed E-state index contributed by atoms with van der Waals surface area (Å²) in [7, 11) is 0. The van der Waals surface area contributed by atoms with E-state index in [1.807, 2.05) is 24.3 Å². The van der Waals surface area contributed by atoms with E-state index in [2.05, 4.69) is 22.2 Å². The van der Waals surface area contributed by atoms with Crippen molar-refractivity contribution >= 4 is 34.8 Å². The first-order valence-electron chi connectivity index (χ1n) is 6.45. The summed E-state index contributed by atoms with van der Waals surface area (Å²) in [5, 5.41) is 4.96. The molecule has 108 valence electrons. The Labute approximate surface area is 133 Å². The minimum atomic E-state index is 0.288. The zero-order chi connectivity index (χ0) is 14.5. The molecule has 0 bridgehead atoms. The van der Waals surface area contributed by atoms with Crippen LogP contribution in [-0.2, 0) is 6.42 Å². The normalized spacial score (nSPS) is 12.6. The van der Waals surface area contributed by atoms with E-state index >= 15 is 0 Å². The van der Waals surface area contributed by atoms with Crippen molar-refractivity contribution in [1.29, 1.82) is 0 Å². The molecule has 20 heavy (non-hydrogen) atoms.